The Morgan fingerprint density at radius 1 is 0.864 bits per heavy atom. The first kappa shape index (κ1) is 29.9. The van der Waals surface area contributed by atoms with Gasteiger partial charge >= 0.3 is 0 Å². The van der Waals surface area contributed by atoms with Gasteiger partial charge in [-0.05, 0) is 66.2 Å². The van der Waals surface area contributed by atoms with Gasteiger partial charge in [0, 0.05) is 16.1 Å². The second-order valence-corrected chi connectivity index (χ2v) is 10.6. The summed E-state index contributed by atoms with van der Waals surface area (Å²) < 4.78 is 13.4. The van der Waals surface area contributed by atoms with E-state index in [-0.39, 0.29) is 35.5 Å². The highest BCUT2D eigenvalue weighted by Crippen LogP contribution is 2.23. The standard InChI is InChI=1S/C33H26FN5O4S/c34-24-16-14-22(15-17-24)18-28(36-32(42)23-8-3-1-4-9-23)33(43)35-25-10-7-13-27(19-25)44-21-30(40)37-29-20-31(41)39(38-29)26-11-5-2-6-12-26/h1-19H,20-21H2,(H,35,43)(H,36,42)(H,37,38,40)/b28-18-. The first-order valence-electron chi connectivity index (χ1n) is 13.5. The van der Waals surface area contributed by atoms with Crippen molar-refractivity contribution in [3.63, 3.8) is 0 Å². The van der Waals surface area contributed by atoms with Gasteiger partial charge in [0.2, 0.25) is 5.91 Å². The number of carbonyl (C=O) groups is 4. The van der Waals surface area contributed by atoms with Crippen molar-refractivity contribution in [1.82, 2.24) is 10.6 Å². The highest BCUT2D eigenvalue weighted by molar-refractivity contribution is 8.00. The van der Waals surface area contributed by atoms with Gasteiger partial charge in [-0.15, -0.1) is 11.8 Å². The maximum Gasteiger partial charge on any atom is 0.272 e. The Morgan fingerprint density at radius 3 is 2.30 bits per heavy atom. The molecule has 0 spiro atoms. The van der Waals surface area contributed by atoms with E-state index in [0.29, 0.717) is 27.4 Å². The van der Waals surface area contributed by atoms with Gasteiger partial charge in [-0.2, -0.15) is 10.1 Å². The SMILES string of the molecule is O=C(CSc1cccc(NC(=O)/C(=C/c2ccc(F)cc2)NC(=O)c2ccccc2)c1)NC1=NN(c2ccccc2)C(=O)C1. The molecule has 4 amide bonds. The van der Waals surface area contributed by atoms with Crippen LogP contribution < -0.4 is 21.0 Å². The molecule has 1 aliphatic heterocycles. The summed E-state index contributed by atoms with van der Waals surface area (Å²) in [4.78, 5) is 51.8. The highest BCUT2D eigenvalue weighted by Gasteiger charge is 2.26. The summed E-state index contributed by atoms with van der Waals surface area (Å²) in [7, 11) is 0. The number of hydrogen-bond acceptors (Lipinski definition) is 6. The molecule has 9 nitrogen and oxygen atoms in total. The zero-order chi connectivity index (χ0) is 30.9. The topological polar surface area (TPSA) is 120 Å². The van der Waals surface area contributed by atoms with Crippen LogP contribution in [-0.4, -0.2) is 35.2 Å². The smallest absolute Gasteiger partial charge is 0.272 e. The van der Waals surface area contributed by atoms with Crippen molar-refractivity contribution in [3.8, 4) is 0 Å². The molecule has 0 aromatic heterocycles. The molecule has 0 unspecified atom stereocenters. The van der Waals surface area contributed by atoms with Gasteiger partial charge in [0.05, 0.1) is 17.9 Å². The molecule has 44 heavy (non-hydrogen) atoms. The van der Waals surface area contributed by atoms with Crippen LogP contribution in [-0.2, 0) is 14.4 Å². The largest absolute Gasteiger partial charge is 0.321 e. The third kappa shape index (κ3) is 8.05. The monoisotopic (exact) mass is 607 g/mol. The summed E-state index contributed by atoms with van der Waals surface area (Å²) in [5.41, 5.74) is 1.89. The van der Waals surface area contributed by atoms with Crippen LogP contribution in [0.5, 0.6) is 0 Å². The minimum atomic E-state index is -0.592. The Hall–Kier alpha value is -5.55. The second-order valence-electron chi connectivity index (χ2n) is 9.51. The van der Waals surface area contributed by atoms with Crippen molar-refractivity contribution >= 4 is 58.7 Å². The quantitative estimate of drug-likeness (QED) is 0.179. The summed E-state index contributed by atoms with van der Waals surface area (Å²) in [5.74, 6) is -1.77. The number of anilines is 2. The number of amidine groups is 1. The lowest BCUT2D eigenvalue weighted by Crippen LogP contribution is -2.31. The summed E-state index contributed by atoms with van der Waals surface area (Å²) >= 11 is 1.23. The number of carbonyl (C=O) groups excluding carboxylic acids is 4. The highest BCUT2D eigenvalue weighted by atomic mass is 32.2. The zero-order valence-electron chi connectivity index (χ0n) is 23.2. The fourth-order valence-corrected chi connectivity index (χ4v) is 4.90. The summed E-state index contributed by atoms with van der Waals surface area (Å²) in [6.45, 7) is 0. The minimum Gasteiger partial charge on any atom is -0.321 e. The molecular weight excluding hydrogens is 581 g/mol. The lowest BCUT2D eigenvalue weighted by Gasteiger charge is -2.12. The van der Waals surface area contributed by atoms with Crippen LogP contribution in [0.3, 0.4) is 0 Å². The molecular formula is C33H26FN5O4S. The third-order valence-electron chi connectivity index (χ3n) is 6.23. The second kappa shape index (κ2) is 14.1. The molecule has 5 rings (SSSR count). The molecule has 3 N–H and O–H groups in total. The Balaban J connectivity index is 1.22. The van der Waals surface area contributed by atoms with E-state index < -0.39 is 17.6 Å². The van der Waals surface area contributed by atoms with Crippen LogP contribution in [0.25, 0.3) is 6.08 Å². The summed E-state index contributed by atoms with van der Waals surface area (Å²) in [6.07, 6.45) is 1.44. The number of nitrogens with zero attached hydrogens (tertiary/aromatic N) is 2. The molecule has 4 aromatic rings. The van der Waals surface area contributed by atoms with Gasteiger partial charge in [0.15, 0.2) is 0 Å². The molecule has 11 heteroatoms. The zero-order valence-corrected chi connectivity index (χ0v) is 24.0. The third-order valence-corrected chi connectivity index (χ3v) is 7.23. The lowest BCUT2D eigenvalue weighted by atomic mass is 10.1. The molecule has 220 valence electrons. The van der Waals surface area contributed by atoms with Gasteiger partial charge < -0.3 is 16.0 Å². The first-order chi connectivity index (χ1) is 21.3. The molecule has 0 saturated carbocycles. The number of rotatable bonds is 9. The van der Waals surface area contributed by atoms with Crippen molar-refractivity contribution < 1.29 is 23.6 Å². The number of amides is 4. The maximum atomic E-state index is 13.4. The average Bonchev–Trinajstić information content (AvgIpc) is 3.41. The number of para-hydroxylation sites is 1. The predicted octanol–water partition coefficient (Wildman–Crippen LogP) is 5.19. The minimum absolute atomic E-state index is 0.0125. The van der Waals surface area contributed by atoms with Crippen molar-refractivity contribution in [2.75, 3.05) is 16.1 Å². The van der Waals surface area contributed by atoms with Crippen LogP contribution in [0.1, 0.15) is 22.3 Å². The maximum absolute atomic E-state index is 13.4. The first-order valence-corrected chi connectivity index (χ1v) is 14.5. The van der Waals surface area contributed by atoms with E-state index in [1.807, 2.05) is 6.07 Å². The number of hydrogen-bond donors (Lipinski definition) is 3. The summed E-state index contributed by atoms with van der Waals surface area (Å²) in [5, 5.41) is 13.6. The molecule has 1 aliphatic rings. The van der Waals surface area contributed by atoms with Gasteiger partial charge in [-0.1, -0.05) is 54.6 Å². The molecule has 0 aliphatic carbocycles. The average molecular weight is 608 g/mol. The van der Waals surface area contributed by atoms with Crippen LogP contribution in [0, 0.1) is 5.82 Å². The fraction of sp³-hybridized carbons (Fsp3) is 0.0606. The number of benzene rings is 4. The lowest BCUT2D eigenvalue weighted by molar-refractivity contribution is -0.117. The molecule has 0 radical (unpaired) electrons. The van der Waals surface area contributed by atoms with Gasteiger partial charge in [0.1, 0.15) is 17.3 Å². The van der Waals surface area contributed by atoms with Crippen molar-refractivity contribution in [1.29, 1.82) is 0 Å². The van der Waals surface area contributed by atoms with Crippen LogP contribution in [0.2, 0.25) is 0 Å². The van der Waals surface area contributed by atoms with E-state index in [1.165, 1.54) is 47.1 Å². The van der Waals surface area contributed by atoms with Gasteiger partial charge in [0.25, 0.3) is 17.7 Å². The van der Waals surface area contributed by atoms with E-state index in [9.17, 15) is 23.6 Å². The number of halogens is 1. The van der Waals surface area contributed by atoms with E-state index in [2.05, 4.69) is 21.1 Å². The molecule has 0 atom stereocenters. The van der Waals surface area contributed by atoms with Crippen LogP contribution in [0.15, 0.2) is 125 Å². The van der Waals surface area contributed by atoms with Crippen LogP contribution in [0.4, 0.5) is 15.8 Å². The number of thioether (sulfide) groups is 1. The molecule has 4 aromatic carbocycles. The van der Waals surface area contributed by atoms with Crippen LogP contribution >= 0.6 is 11.8 Å². The van der Waals surface area contributed by atoms with Gasteiger partial charge in [-0.25, -0.2) is 4.39 Å². The van der Waals surface area contributed by atoms with E-state index >= 15 is 0 Å². The molecule has 0 bridgehead atoms. The number of hydrazone groups is 1. The Bertz CT molecular complexity index is 1750. The van der Waals surface area contributed by atoms with E-state index in [4.69, 9.17) is 0 Å². The Labute approximate surface area is 256 Å². The fourth-order valence-electron chi connectivity index (χ4n) is 4.15. The predicted molar refractivity (Wildman–Crippen MR) is 168 cm³/mol. The molecule has 1 heterocycles. The van der Waals surface area contributed by atoms with Crippen molar-refractivity contribution in [3.05, 3.63) is 132 Å². The Morgan fingerprint density at radius 2 is 1.57 bits per heavy atom. The Kier molecular flexibility index (Phi) is 9.57. The van der Waals surface area contributed by atoms with E-state index in [1.54, 1.807) is 78.9 Å². The van der Waals surface area contributed by atoms with Gasteiger partial charge in [-0.3, -0.25) is 19.2 Å². The summed E-state index contributed by atoms with van der Waals surface area (Å²) in [6, 6.07) is 29.8. The number of nitrogens with one attached hydrogen (secondary N) is 3. The molecule has 0 saturated heterocycles. The van der Waals surface area contributed by atoms with Crippen molar-refractivity contribution in [2.45, 2.75) is 11.3 Å². The normalized spacial score (nSPS) is 12.8. The van der Waals surface area contributed by atoms with Crippen molar-refractivity contribution in [2.24, 2.45) is 5.10 Å². The molecule has 0 fully saturated rings. The van der Waals surface area contributed by atoms with E-state index in [0.717, 1.165) is 0 Å².